The molecular weight excluding hydrogens is 506 g/mol. The van der Waals surface area contributed by atoms with Crippen LogP contribution in [0.3, 0.4) is 0 Å². The average Bonchev–Trinajstić information content (AvgIpc) is 3.22. The quantitative estimate of drug-likeness (QED) is 0.417. The predicted octanol–water partition coefficient (Wildman–Crippen LogP) is 1.59. The van der Waals surface area contributed by atoms with E-state index < -0.39 is 65.2 Å². The fourth-order valence-electron chi connectivity index (χ4n) is 4.81. The highest BCUT2D eigenvalue weighted by molar-refractivity contribution is 7.87. The highest BCUT2D eigenvalue weighted by Gasteiger charge is 2.80. The third kappa shape index (κ3) is 4.36. The minimum absolute atomic E-state index is 0.239. The van der Waals surface area contributed by atoms with Crippen molar-refractivity contribution in [3.63, 3.8) is 0 Å². The van der Waals surface area contributed by atoms with Crippen molar-refractivity contribution in [3.8, 4) is 0 Å². The van der Waals surface area contributed by atoms with Crippen molar-refractivity contribution >= 4 is 18.4 Å². The van der Waals surface area contributed by atoms with Crippen LogP contribution in [0.4, 0.5) is 0 Å². The van der Waals surface area contributed by atoms with E-state index >= 15 is 0 Å². The SMILES string of the molecule is Cc1cn([C@@H]2O[C@@H]3CN[C@@]4(OCC(C)(C)C)CS(=O)(=O)O[C@@]34[C@H]2O[Si](C)(C)C(C)(C)C)c(=O)[nH]c1=O. The molecule has 13 heteroatoms. The second-order valence-electron chi connectivity index (χ2n) is 12.9. The van der Waals surface area contributed by atoms with Crippen LogP contribution in [-0.2, 0) is 28.2 Å². The number of nitrogens with zero attached hydrogens (tertiary/aromatic N) is 1. The fourth-order valence-corrected chi connectivity index (χ4v) is 7.82. The Balaban J connectivity index is 1.92. The van der Waals surface area contributed by atoms with Crippen molar-refractivity contribution in [2.75, 3.05) is 18.9 Å². The highest BCUT2D eigenvalue weighted by atomic mass is 32.2. The van der Waals surface area contributed by atoms with Crippen molar-refractivity contribution in [1.82, 2.24) is 14.9 Å². The molecule has 36 heavy (non-hydrogen) atoms. The molecule has 0 aromatic carbocycles. The monoisotopic (exact) mass is 545 g/mol. The number of rotatable bonds is 5. The Bertz CT molecular complexity index is 1260. The number of aromatic amines is 1. The molecule has 4 rings (SSSR count). The largest absolute Gasteiger partial charge is 0.406 e. The van der Waals surface area contributed by atoms with E-state index in [4.69, 9.17) is 18.1 Å². The first-order valence-corrected chi connectivity index (χ1v) is 16.7. The standard InChI is InChI=1S/C23H39N3O8SSi/c1-14-11-26(19(28)25-17(14)27)18-16(33-36(8,9)21(5,6)7)23-15(32-18)10-24-22(23,13-35(29,30)34-23)31-12-20(2,3)4/h11,15-16,18,24H,10,12-13H2,1-9H3,(H,25,27,28)/t15-,16+,18-,22-,23-/m1/s1. The van der Waals surface area contributed by atoms with Crippen molar-refractivity contribution in [1.29, 1.82) is 0 Å². The van der Waals surface area contributed by atoms with Gasteiger partial charge in [0.15, 0.2) is 25.9 Å². The van der Waals surface area contributed by atoms with E-state index in [1.54, 1.807) is 6.92 Å². The molecule has 1 aromatic rings. The van der Waals surface area contributed by atoms with Gasteiger partial charge in [0.2, 0.25) is 0 Å². The molecule has 3 fully saturated rings. The van der Waals surface area contributed by atoms with Gasteiger partial charge in [-0.25, -0.2) is 4.79 Å². The summed E-state index contributed by atoms with van der Waals surface area (Å²) in [4.78, 5) is 27.3. The lowest BCUT2D eigenvalue weighted by Crippen LogP contribution is -2.67. The second-order valence-corrected chi connectivity index (χ2v) is 19.3. The van der Waals surface area contributed by atoms with Crippen molar-refractivity contribution < 1.29 is 26.5 Å². The number of aromatic nitrogens is 2. The van der Waals surface area contributed by atoms with E-state index in [-0.39, 0.29) is 23.6 Å². The minimum atomic E-state index is -4.03. The van der Waals surface area contributed by atoms with Gasteiger partial charge in [-0.1, -0.05) is 41.5 Å². The van der Waals surface area contributed by atoms with Crippen molar-refractivity contribution in [2.24, 2.45) is 5.41 Å². The average molecular weight is 546 g/mol. The molecule has 3 aliphatic rings. The molecule has 0 bridgehead atoms. The smallest absolute Gasteiger partial charge is 0.330 e. The molecule has 0 saturated carbocycles. The number of hydrogen-bond acceptors (Lipinski definition) is 9. The molecule has 0 unspecified atom stereocenters. The Morgan fingerprint density at radius 3 is 2.42 bits per heavy atom. The van der Waals surface area contributed by atoms with Crippen LogP contribution < -0.4 is 16.6 Å². The number of aryl methyl sites for hydroxylation is 1. The van der Waals surface area contributed by atoms with Gasteiger partial charge in [0.1, 0.15) is 18.0 Å². The maximum atomic E-state index is 13.1. The molecule has 2 N–H and O–H groups in total. The Kier molecular flexibility index (Phi) is 6.40. The van der Waals surface area contributed by atoms with E-state index in [1.165, 1.54) is 10.8 Å². The number of ether oxygens (including phenoxy) is 2. The fraction of sp³-hybridized carbons (Fsp3) is 0.826. The molecule has 0 radical (unpaired) electrons. The number of H-pyrrole nitrogens is 1. The van der Waals surface area contributed by atoms with Crippen LogP contribution in [0.25, 0.3) is 0 Å². The molecule has 0 aliphatic carbocycles. The molecule has 0 amide bonds. The molecular formula is C23H39N3O8SSi. The third-order valence-electron chi connectivity index (χ3n) is 7.71. The van der Waals surface area contributed by atoms with Crippen LogP contribution in [0, 0.1) is 12.3 Å². The van der Waals surface area contributed by atoms with E-state index in [0.717, 1.165) is 0 Å². The molecule has 5 atom stereocenters. The summed E-state index contributed by atoms with van der Waals surface area (Å²) in [5, 5.41) is 3.01. The summed E-state index contributed by atoms with van der Waals surface area (Å²) in [5.41, 5.74) is -4.13. The first kappa shape index (κ1) is 27.7. The van der Waals surface area contributed by atoms with Gasteiger partial charge in [-0.05, 0) is 30.5 Å². The third-order valence-corrected chi connectivity index (χ3v) is 13.5. The van der Waals surface area contributed by atoms with Crippen LogP contribution in [0.15, 0.2) is 15.8 Å². The van der Waals surface area contributed by atoms with Gasteiger partial charge in [0, 0.05) is 18.3 Å². The normalized spacial score (nSPS) is 34.1. The topological polar surface area (TPSA) is 138 Å². The zero-order valence-electron chi connectivity index (χ0n) is 22.6. The van der Waals surface area contributed by atoms with Gasteiger partial charge in [-0.3, -0.25) is 23.8 Å². The van der Waals surface area contributed by atoms with Crippen LogP contribution in [0.5, 0.6) is 0 Å². The molecule has 204 valence electrons. The summed E-state index contributed by atoms with van der Waals surface area (Å²) in [6, 6.07) is 0. The lowest BCUT2D eigenvalue weighted by Gasteiger charge is -2.46. The summed E-state index contributed by atoms with van der Waals surface area (Å²) < 4.78 is 53.0. The van der Waals surface area contributed by atoms with Gasteiger partial charge in [-0.15, -0.1) is 0 Å². The molecule has 3 saturated heterocycles. The molecule has 1 spiro atoms. The lowest BCUT2D eigenvalue weighted by molar-refractivity contribution is -0.179. The highest BCUT2D eigenvalue weighted by Crippen LogP contribution is 2.57. The summed E-state index contributed by atoms with van der Waals surface area (Å²) in [6.45, 7) is 18.3. The zero-order valence-corrected chi connectivity index (χ0v) is 24.4. The van der Waals surface area contributed by atoms with Gasteiger partial charge >= 0.3 is 5.69 Å². The van der Waals surface area contributed by atoms with Crippen molar-refractivity contribution in [3.05, 3.63) is 32.6 Å². The Morgan fingerprint density at radius 2 is 1.83 bits per heavy atom. The van der Waals surface area contributed by atoms with Gasteiger partial charge in [0.05, 0.1) is 6.61 Å². The molecule has 3 aliphatic heterocycles. The molecule has 1 aromatic heterocycles. The molecule has 4 heterocycles. The predicted molar refractivity (Wildman–Crippen MR) is 136 cm³/mol. The lowest BCUT2D eigenvalue weighted by atomic mass is 9.85. The van der Waals surface area contributed by atoms with Crippen molar-refractivity contribution in [2.45, 2.75) is 96.4 Å². The number of hydrogen-bond donors (Lipinski definition) is 2. The van der Waals surface area contributed by atoms with Crippen LogP contribution in [-0.4, -0.2) is 68.7 Å². The summed E-state index contributed by atoms with van der Waals surface area (Å²) in [6.07, 6.45) is -1.42. The summed E-state index contributed by atoms with van der Waals surface area (Å²) >= 11 is 0. The Hall–Kier alpha value is -1.35. The first-order valence-electron chi connectivity index (χ1n) is 12.2. The Labute approximate surface area is 213 Å². The summed E-state index contributed by atoms with van der Waals surface area (Å²) in [7, 11) is -6.60. The van der Waals surface area contributed by atoms with Gasteiger partial charge < -0.3 is 13.9 Å². The van der Waals surface area contributed by atoms with E-state index in [1.807, 2.05) is 33.9 Å². The van der Waals surface area contributed by atoms with Gasteiger partial charge in [0.25, 0.3) is 15.7 Å². The van der Waals surface area contributed by atoms with E-state index in [9.17, 15) is 18.0 Å². The number of nitrogens with one attached hydrogen (secondary N) is 2. The second kappa shape index (κ2) is 8.32. The maximum Gasteiger partial charge on any atom is 0.330 e. The zero-order chi connectivity index (χ0) is 27.1. The molecule has 11 nitrogen and oxygen atoms in total. The Morgan fingerprint density at radius 1 is 1.19 bits per heavy atom. The van der Waals surface area contributed by atoms with E-state index in [0.29, 0.717) is 5.56 Å². The summed E-state index contributed by atoms with van der Waals surface area (Å²) in [5.74, 6) is -0.417. The maximum absolute atomic E-state index is 13.1. The van der Waals surface area contributed by atoms with Crippen LogP contribution >= 0.6 is 0 Å². The minimum Gasteiger partial charge on any atom is -0.406 e. The van der Waals surface area contributed by atoms with Crippen LogP contribution in [0.1, 0.15) is 53.3 Å². The van der Waals surface area contributed by atoms with E-state index in [2.05, 4.69) is 31.1 Å². The van der Waals surface area contributed by atoms with Crippen LogP contribution in [0.2, 0.25) is 18.1 Å². The first-order chi connectivity index (χ1) is 16.2. The van der Waals surface area contributed by atoms with Gasteiger partial charge in [-0.2, -0.15) is 8.42 Å².